The van der Waals surface area contributed by atoms with E-state index in [0.29, 0.717) is 50.0 Å². The summed E-state index contributed by atoms with van der Waals surface area (Å²) in [5.74, 6) is -0.358. The summed E-state index contributed by atoms with van der Waals surface area (Å²) in [7, 11) is 0. The first-order valence-electron chi connectivity index (χ1n) is 11.9. The molecular formula is C27H28N4O3S. The number of carbonyl (C=O) groups is 3. The number of pyridine rings is 1. The Labute approximate surface area is 208 Å². The molecule has 3 aromatic rings. The number of aryl methyl sites for hydroxylation is 1. The number of nitrogens with one attached hydrogen (secondary N) is 1. The molecule has 4 amide bonds. The highest BCUT2D eigenvalue weighted by Gasteiger charge is 2.57. The van der Waals surface area contributed by atoms with E-state index in [1.54, 1.807) is 29.8 Å². The Morgan fingerprint density at radius 1 is 1.11 bits per heavy atom. The molecule has 0 aliphatic carbocycles. The summed E-state index contributed by atoms with van der Waals surface area (Å²) >= 11 is 1.62. The number of benzene rings is 1. The Morgan fingerprint density at radius 3 is 2.60 bits per heavy atom. The zero-order chi connectivity index (χ0) is 24.4. The second-order valence-electron chi connectivity index (χ2n) is 9.15. The molecule has 1 aromatic carbocycles. The number of hydrogen-bond acceptors (Lipinski definition) is 5. The summed E-state index contributed by atoms with van der Waals surface area (Å²) in [6, 6.07) is 14.9. The molecule has 180 valence electrons. The first kappa shape index (κ1) is 23.2. The zero-order valence-corrected chi connectivity index (χ0v) is 20.5. The molecule has 2 aliphatic heterocycles. The van der Waals surface area contributed by atoms with E-state index < -0.39 is 5.54 Å². The maximum atomic E-state index is 13.9. The van der Waals surface area contributed by atoms with Crippen LogP contribution in [0.15, 0.2) is 66.3 Å². The third-order valence-electron chi connectivity index (χ3n) is 7.18. The zero-order valence-electron chi connectivity index (χ0n) is 19.6. The quantitative estimate of drug-likeness (QED) is 0.532. The largest absolute Gasteiger partial charge is 0.339 e. The molecule has 7 nitrogen and oxygen atoms in total. The van der Waals surface area contributed by atoms with E-state index in [0.717, 1.165) is 10.4 Å². The van der Waals surface area contributed by atoms with Crippen LogP contribution in [0.25, 0.3) is 0 Å². The molecule has 2 fully saturated rings. The summed E-state index contributed by atoms with van der Waals surface area (Å²) in [6.07, 6.45) is 5.18. The Kier molecular flexibility index (Phi) is 6.38. The van der Waals surface area contributed by atoms with Gasteiger partial charge in [0.15, 0.2) is 5.54 Å². The fourth-order valence-electron chi connectivity index (χ4n) is 5.28. The van der Waals surface area contributed by atoms with Crippen LogP contribution in [0, 0.1) is 12.8 Å². The van der Waals surface area contributed by atoms with Crippen LogP contribution in [-0.2, 0) is 16.8 Å². The van der Waals surface area contributed by atoms with Crippen molar-refractivity contribution in [3.8, 4) is 0 Å². The van der Waals surface area contributed by atoms with E-state index in [2.05, 4.69) is 10.3 Å². The fraction of sp³-hybridized carbons (Fsp3) is 0.333. The smallest absolute Gasteiger partial charge is 0.325 e. The molecule has 0 unspecified atom stereocenters. The van der Waals surface area contributed by atoms with Crippen molar-refractivity contribution in [1.82, 2.24) is 20.1 Å². The van der Waals surface area contributed by atoms with Gasteiger partial charge in [0.25, 0.3) is 11.8 Å². The number of likely N-dealkylation sites (tertiary alicyclic amines) is 1. The highest BCUT2D eigenvalue weighted by Crippen LogP contribution is 2.41. The number of carbonyl (C=O) groups excluding carboxylic acids is 3. The predicted octanol–water partition coefficient (Wildman–Crippen LogP) is 3.99. The third-order valence-corrected chi connectivity index (χ3v) is 8.12. The maximum absolute atomic E-state index is 13.9. The first-order valence-corrected chi connectivity index (χ1v) is 12.8. The lowest BCUT2D eigenvalue weighted by Crippen LogP contribution is -2.54. The van der Waals surface area contributed by atoms with E-state index in [9.17, 15) is 14.4 Å². The topological polar surface area (TPSA) is 82.6 Å². The van der Waals surface area contributed by atoms with Gasteiger partial charge in [-0.3, -0.25) is 19.5 Å². The number of urea groups is 1. The van der Waals surface area contributed by atoms with Gasteiger partial charge in [-0.2, -0.15) is 0 Å². The molecule has 4 heterocycles. The lowest BCUT2D eigenvalue weighted by atomic mass is 9.73. The minimum absolute atomic E-state index is 0.0105. The number of thiophene rings is 1. The monoisotopic (exact) mass is 488 g/mol. The van der Waals surface area contributed by atoms with Crippen LogP contribution in [0.5, 0.6) is 0 Å². The molecule has 35 heavy (non-hydrogen) atoms. The average molecular weight is 489 g/mol. The molecule has 1 N–H and O–H groups in total. The highest BCUT2D eigenvalue weighted by atomic mass is 32.1. The van der Waals surface area contributed by atoms with Gasteiger partial charge in [0.1, 0.15) is 0 Å². The number of piperidine rings is 1. The van der Waals surface area contributed by atoms with Crippen LogP contribution >= 0.6 is 11.3 Å². The standard InChI is InChI=1S/C27H28N4O3S/c1-19-6-2-3-9-23(19)24(32)30-14-10-20(11-15-30)27(21-7-4-13-28-18-21)25(33)31(26(34)29-27)16-12-22-8-5-17-35-22/h2-9,13,17-18,20H,10-12,14-16H2,1H3,(H,29,34)/t27-/m0/s1. The molecule has 1 atom stereocenters. The van der Waals surface area contributed by atoms with Crippen LogP contribution in [0.3, 0.4) is 0 Å². The van der Waals surface area contributed by atoms with E-state index in [1.165, 1.54) is 4.90 Å². The van der Waals surface area contributed by atoms with Gasteiger partial charge in [-0.25, -0.2) is 4.79 Å². The first-order chi connectivity index (χ1) is 17.0. The lowest BCUT2D eigenvalue weighted by Gasteiger charge is -2.41. The molecule has 5 rings (SSSR count). The van der Waals surface area contributed by atoms with Crippen LogP contribution < -0.4 is 5.32 Å². The number of aromatic nitrogens is 1. The van der Waals surface area contributed by atoms with Gasteiger partial charge in [0.2, 0.25) is 0 Å². The van der Waals surface area contributed by atoms with Gasteiger partial charge in [-0.05, 0) is 61.2 Å². The maximum Gasteiger partial charge on any atom is 0.325 e. The third kappa shape index (κ3) is 4.23. The Balaban J connectivity index is 1.38. The summed E-state index contributed by atoms with van der Waals surface area (Å²) in [6.45, 7) is 3.32. The van der Waals surface area contributed by atoms with Gasteiger partial charge in [-0.1, -0.05) is 30.3 Å². The molecule has 8 heteroatoms. The number of amides is 4. The van der Waals surface area contributed by atoms with Crippen LogP contribution in [0.2, 0.25) is 0 Å². The molecular weight excluding hydrogens is 460 g/mol. The normalized spacial score (nSPS) is 20.8. The van der Waals surface area contributed by atoms with Crippen molar-refractivity contribution in [2.24, 2.45) is 5.92 Å². The summed E-state index contributed by atoms with van der Waals surface area (Å²) in [5.41, 5.74) is 1.18. The molecule has 2 aliphatic rings. The Hall–Kier alpha value is -3.52. The molecule has 0 spiro atoms. The number of imide groups is 1. The average Bonchev–Trinajstić information content (AvgIpc) is 3.50. The molecule has 0 saturated carbocycles. The number of nitrogens with zero attached hydrogens (tertiary/aromatic N) is 3. The molecule has 2 aromatic heterocycles. The number of rotatable bonds is 6. The van der Waals surface area contributed by atoms with Crippen LogP contribution in [-0.4, -0.2) is 52.3 Å². The van der Waals surface area contributed by atoms with Gasteiger partial charge in [0, 0.05) is 48.0 Å². The Bertz CT molecular complexity index is 1220. The summed E-state index contributed by atoms with van der Waals surface area (Å²) in [4.78, 5) is 48.7. The van der Waals surface area contributed by atoms with Gasteiger partial charge >= 0.3 is 6.03 Å². The molecule has 0 radical (unpaired) electrons. The predicted molar refractivity (Wildman–Crippen MR) is 134 cm³/mol. The van der Waals surface area contributed by atoms with E-state index in [4.69, 9.17) is 0 Å². The lowest BCUT2D eigenvalue weighted by molar-refractivity contribution is -0.134. The second-order valence-corrected chi connectivity index (χ2v) is 10.2. The van der Waals surface area contributed by atoms with Crippen molar-refractivity contribution in [3.05, 3.63) is 87.9 Å². The summed E-state index contributed by atoms with van der Waals surface area (Å²) in [5, 5.41) is 5.06. The van der Waals surface area contributed by atoms with Gasteiger partial charge < -0.3 is 10.2 Å². The van der Waals surface area contributed by atoms with Crippen molar-refractivity contribution < 1.29 is 14.4 Å². The van der Waals surface area contributed by atoms with E-state index >= 15 is 0 Å². The molecule has 2 saturated heterocycles. The van der Waals surface area contributed by atoms with Crippen molar-refractivity contribution >= 4 is 29.2 Å². The van der Waals surface area contributed by atoms with Crippen molar-refractivity contribution in [1.29, 1.82) is 0 Å². The minimum Gasteiger partial charge on any atom is -0.339 e. The Morgan fingerprint density at radius 2 is 1.91 bits per heavy atom. The summed E-state index contributed by atoms with van der Waals surface area (Å²) < 4.78 is 0. The van der Waals surface area contributed by atoms with E-state index in [1.807, 2.05) is 59.7 Å². The van der Waals surface area contributed by atoms with E-state index in [-0.39, 0.29) is 23.8 Å². The SMILES string of the molecule is Cc1ccccc1C(=O)N1CCC([C@@]2(c3cccnc3)NC(=O)N(CCc3cccs3)C2=O)CC1. The number of hydrogen-bond donors (Lipinski definition) is 1. The van der Waals surface area contributed by atoms with Crippen LogP contribution in [0.1, 0.15) is 39.2 Å². The van der Waals surface area contributed by atoms with Crippen molar-refractivity contribution in [2.45, 2.75) is 31.7 Å². The van der Waals surface area contributed by atoms with Crippen LogP contribution in [0.4, 0.5) is 4.79 Å². The van der Waals surface area contributed by atoms with Crippen molar-refractivity contribution in [3.63, 3.8) is 0 Å². The fourth-order valence-corrected chi connectivity index (χ4v) is 5.98. The minimum atomic E-state index is -1.17. The van der Waals surface area contributed by atoms with Gasteiger partial charge in [-0.15, -0.1) is 11.3 Å². The molecule has 0 bridgehead atoms. The highest BCUT2D eigenvalue weighted by molar-refractivity contribution is 7.09. The van der Waals surface area contributed by atoms with Gasteiger partial charge in [0.05, 0.1) is 0 Å². The second kappa shape index (κ2) is 9.62. The van der Waals surface area contributed by atoms with Crippen molar-refractivity contribution in [2.75, 3.05) is 19.6 Å².